The molecule has 96 valence electrons. The number of carbonyl (C=O) groups is 1. The normalized spacial score (nSPS) is 15.8. The summed E-state index contributed by atoms with van der Waals surface area (Å²) in [5, 5.41) is 19.6. The second kappa shape index (κ2) is 6.66. The van der Waals surface area contributed by atoms with Gasteiger partial charge < -0.3 is 20.3 Å². The van der Waals surface area contributed by atoms with Gasteiger partial charge in [0.05, 0.1) is 12.7 Å². The van der Waals surface area contributed by atoms with Crippen LogP contribution >= 0.6 is 0 Å². The number of nitrogens with one attached hydrogen (secondary N) is 1. The van der Waals surface area contributed by atoms with Crippen LogP contribution in [0.2, 0.25) is 0 Å². The number of alkyl halides is 3. The Morgan fingerprint density at radius 2 is 2.00 bits per heavy atom. The van der Waals surface area contributed by atoms with Crippen LogP contribution in [0.15, 0.2) is 0 Å². The van der Waals surface area contributed by atoms with Crippen molar-refractivity contribution in [3.05, 3.63) is 0 Å². The maximum atomic E-state index is 12.1. The van der Waals surface area contributed by atoms with Gasteiger partial charge in [-0.3, -0.25) is 4.79 Å². The first-order chi connectivity index (χ1) is 7.29. The molecule has 8 heteroatoms. The molecule has 5 nitrogen and oxygen atoms in total. The minimum absolute atomic E-state index is 0.0310. The lowest BCUT2D eigenvalue weighted by molar-refractivity contribution is -0.192. The third-order valence-corrected chi connectivity index (χ3v) is 1.78. The zero-order valence-corrected chi connectivity index (χ0v) is 8.62. The second-order valence-corrected chi connectivity index (χ2v) is 3.20. The summed E-state index contributed by atoms with van der Waals surface area (Å²) in [6.07, 6.45) is -5.77. The van der Waals surface area contributed by atoms with Crippen LogP contribution in [0.3, 0.4) is 0 Å². The first kappa shape index (κ1) is 15.1. The van der Waals surface area contributed by atoms with Crippen LogP contribution in [0.4, 0.5) is 13.2 Å². The lowest BCUT2D eigenvalue weighted by Crippen LogP contribution is -2.41. The highest BCUT2D eigenvalue weighted by Gasteiger charge is 2.44. The van der Waals surface area contributed by atoms with Gasteiger partial charge in [-0.15, -0.1) is 0 Å². The van der Waals surface area contributed by atoms with E-state index in [1.165, 1.54) is 7.11 Å². The minimum Gasteiger partial charge on any atom is -0.481 e. The molecule has 0 aromatic heterocycles. The summed E-state index contributed by atoms with van der Waals surface area (Å²) < 4.78 is 41.0. The van der Waals surface area contributed by atoms with Crippen molar-refractivity contribution < 1.29 is 32.9 Å². The molecular weight excluding hydrogens is 231 g/mol. The Hall–Kier alpha value is -0.860. The fourth-order valence-electron chi connectivity index (χ4n) is 0.989. The van der Waals surface area contributed by atoms with Crippen molar-refractivity contribution in [2.45, 2.75) is 12.3 Å². The third kappa shape index (κ3) is 5.89. The number of carboxylic acids is 1. The van der Waals surface area contributed by atoms with Gasteiger partial charge in [0.25, 0.3) is 0 Å². The van der Waals surface area contributed by atoms with E-state index in [-0.39, 0.29) is 13.2 Å². The van der Waals surface area contributed by atoms with Gasteiger partial charge in [0, 0.05) is 20.2 Å². The molecule has 0 radical (unpaired) electrons. The molecular formula is C8H14F3NO4. The molecule has 0 aliphatic rings. The van der Waals surface area contributed by atoms with Gasteiger partial charge in [0.15, 0.2) is 5.92 Å². The van der Waals surface area contributed by atoms with E-state index in [1.807, 2.05) is 0 Å². The van der Waals surface area contributed by atoms with Crippen molar-refractivity contribution in [3.63, 3.8) is 0 Å². The number of rotatable bonds is 7. The SMILES string of the molecule is COCC(O)CNCC(C(=O)O)C(F)(F)F. The molecule has 0 bridgehead atoms. The van der Waals surface area contributed by atoms with E-state index in [0.717, 1.165) is 0 Å². The molecule has 0 aromatic rings. The molecule has 0 aliphatic heterocycles. The Balaban J connectivity index is 4.00. The zero-order chi connectivity index (χ0) is 12.8. The third-order valence-electron chi connectivity index (χ3n) is 1.78. The van der Waals surface area contributed by atoms with Crippen LogP contribution in [0.25, 0.3) is 0 Å². The molecule has 0 fully saturated rings. The van der Waals surface area contributed by atoms with Gasteiger partial charge in [-0.1, -0.05) is 0 Å². The molecule has 0 spiro atoms. The van der Waals surface area contributed by atoms with Gasteiger partial charge in [0.2, 0.25) is 0 Å². The summed E-state index contributed by atoms with van der Waals surface area (Å²) in [7, 11) is 1.33. The average molecular weight is 245 g/mol. The Morgan fingerprint density at radius 3 is 2.38 bits per heavy atom. The maximum absolute atomic E-state index is 12.1. The van der Waals surface area contributed by atoms with E-state index in [9.17, 15) is 18.0 Å². The molecule has 16 heavy (non-hydrogen) atoms. The highest BCUT2D eigenvalue weighted by Crippen LogP contribution is 2.25. The highest BCUT2D eigenvalue weighted by molar-refractivity contribution is 5.71. The Labute approximate surface area is 90.2 Å². The van der Waals surface area contributed by atoms with Gasteiger partial charge in [-0.2, -0.15) is 13.2 Å². The molecule has 2 unspecified atom stereocenters. The number of hydrogen-bond acceptors (Lipinski definition) is 4. The fraction of sp³-hybridized carbons (Fsp3) is 0.875. The first-order valence-electron chi connectivity index (χ1n) is 4.46. The molecule has 0 heterocycles. The molecule has 0 saturated heterocycles. The first-order valence-corrected chi connectivity index (χ1v) is 4.46. The number of ether oxygens (including phenoxy) is 1. The zero-order valence-electron chi connectivity index (χ0n) is 8.62. The van der Waals surface area contributed by atoms with Crippen molar-refractivity contribution in [1.29, 1.82) is 0 Å². The second-order valence-electron chi connectivity index (χ2n) is 3.20. The van der Waals surface area contributed by atoms with Gasteiger partial charge >= 0.3 is 12.1 Å². The van der Waals surface area contributed by atoms with Gasteiger partial charge in [-0.05, 0) is 0 Å². The van der Waals surface area contributed by atoms with E-state index in [1.54, 1.807) is 0 Å². The molecule has 0 aromatic carbocycles. The van der Waals surface area contributed by atoms with Crippen molar-refractivity contribution in [1.82, 2.24) is 5.32 Å². The number of methoxy groups -OCH3 is 1. The Bertz CT molecular complexity index is 222. The number of carboxylic acid groups (broad SMARTS) is 1. The molecule has 3 N–H and O–H groups in total. The van der Waals surface area contributed by atoms with Crippen LogP contribution in [0.5, 0.6) is 0 Å². The van der Waals surface area contributed by atoms with E-state index >= 15 is 0 Å². The quantitative estimate of drug-likeness (QED) is 0.581. The van der Waals surface area contributed by atoms with Gasteiger partial charge in [0.1, 0.15) is 0 Å². The summed E-state index contributed by atoms with van der Waals surface area (Å²) in [4.78, 5) is 10.3. The summed E-state index contributed by atoms with van der Waals surface area (Å²) >= 11 is 0. The van der Waals surface area contributed by atoms with Gasteiger partial charge in [-0.25, -0.2) is 0 Å². The predicted octanol–water partition coefficient (Wildman–Crippen LogP) is -0.154. The largest absolute Gasteiger partial charge is 0.481 e. The van der Waals surface area contributed by atoms with E-state index in [4.69, 9.17) is 10.2 Å². The van der Waals surface area contributed by atoms with Crippen LogP contribution in [0.1, 0.15) is 0 Å². The molecule has 0 aliphatic carbocycles. The number of aliphatic carboxylic acids is 1. The van der Waals surface area contributed by atoms with Crippen molar-refractivity contribution in [3.8, 4) is 0 Å². The molecule has 0 rings (SSSR count). The van der Waals surface area contributed by atoms with Crippen LogP contribution < -0.4 is 5.32 Å². The maximum Gasteiger partial charge on any atom is 0.403 e. The van der Waals surface area contributed by atoms with Crippen LogP contribution in [-0.2, 0) is 9.53 Å². The van der Waals surface area contributed by atoms with E-state index < -0.39 is 30.7 Å². The predicted molar refractivity (Wildman–Crippen MR) is 47.9 cm³/mol. The van der Waals surface area contributed by atoms with E-state index in [0.29, 0.717) is 0 Å². The van der Waals surface area contributed by atoms with Crippen molar-refractivity contribution in [2.24, 2.45) is 5.92 Å². The molecule has 2 atom stereocenters. The summed E-state index contributed by atoms with van der Waals surface area (Å²) in [6, 6.07) is 0. The van der Waals surface area contributed by atoms with E-state index in [2.05, 4.69) is 10.1 Å². The Morgan fingerprint density at radius 1 is 1.44 bits per heavy atom. The molecule has 0 amide bonds. The summed E-state index contributed by atoms with van der Waals surface area (Å²) in [5.74, 6) is -4.41. The van der Waals surface area contributed by atoms with Crippen molar-refractivity contribution >= 4 is 5.97 Å². The van der Waals surface area contributed by atoms with Crippen molar-refractivity contribution in [2.75, 3.05) is 26.8 Å². The number of hydrogen-bond donors (Lipinski definition) is 3. The summed E-state index contributed by atoms with van der Waals surface area (Å²) in [6.45, 7) is -0.968. The molecule has 0 saturated carbocycles. The lowest BCUT2D eigenvalue weighted by Gasteiger charge is -2.17. The van der Waals surface area contributed by atoms with Crippen LogP contribution in [0, 0.1) is 5.92 Å². The average Bonchev–Trinajstić information content (AvgIpc) is 2.10. The monoisotopic (exact) mass is 245 g/mol. The standard InChI is InChI=1S/C8H14F3NO4/c1-16-4-5(13)2-12-3-6(7(14)15)8(9,10)11/h5-6,12-13H,2-4H2,1H3,(H,14,15). The topological polar surface area (TPSA) is 78.8 Å². The fourth-order valence-corrected chi connectivity index (χ4v) is 0.989. The smallest absolute Gasteiger partial charge is 0.403 e. The lowest BCUT2D eigenvalue weighted by atomic mass is 10.1. The minimum atomic E-state index is -4.80. The number of aliphatic hydroxyl groups is 1. The Kier molecular flexibility index (Phi) is 6.31. The highest BCUT2D eigenvalue weighted by atomic mass is 19.4. The number of halogens is 3. The number of aliphatic hydroxyl groups excluding tert-OH is 1. The van der Waals surface area contributed by atoms with Crippen LogP contribution in [-0.4, -0.2) is 55.3 Å². The summed E-state index contributed by atoms with van der Waals surface area (Å²) in [5.41, 5.74) is 0.